The second kappa shape index (κ2) is 5.44. The predicted molar refractivity (Wildman–Crippen MR) is 72.1 cm³/mol. The lowest BCUT2D eigenvalue weighted by Gasteiger charge is -2.23. The maximum absolute atomic E-state index is 12.1. The number of aryl methyl sites for hydroxylation is 2. The first-order valence-corrected chi connectivity index (χ1v) is 6.94. The molecule has 2 aromatic rings. The number of carbonyl (C=O) groups excluding carboxylic acids is 1. The Morgan fingerprint density at radius 2 is 2.45 bits per heavy atom. The maximum atomic E-state index is 12.1. The topological polar surface area (TPSA) is 77.6 Å². The second-order valence-electron chi connectivity index (χ2n) is 5.05. The van der Waals surface area contributed by atoms with Crippen molar-refractivity contribution in [1.29, 1.82) is 0 Å². The van der Waals surface area contributed by atoms with Crippen molar-refractivity contribution in [2.45, 2.75) is 32.9 Å². The van der Waals surface area contributed by atoms with Gasteiger partial charge in [0.2, 0.25) is 0 Å². The third-order valence-electron chi connectivity index (χ3n) is 3.73. The summed E-state index contributed by atoms with van der Waals surface area (Å²) in [5, 5.41) is 10.6. The molecule has 0 radical (unpaired) electrons. The highest BCUT2D eigenvalue weighted by Gasteiger charge is 2.20. The van der Waals surface area contributed by atoms with Crippen molar-refractivity contribution in [2.24, 2.45) is 5.92 Å². The van der Waals surface area contributed by atoms with Gasteiger partial charge in [0.15, 0.2) is 0 Å². The highest BCUT2D eigenvalue weighted by Crippen LogP contribution is 2.17. The molecule has 0 saturated carbocycles. The van der Waals surface area contributed by atoms with Crippen LogP contribution in [0.4, 0.5) is 0 Å². The number of hydrogen-bond donors (Lipinski definition) is 1. The van der Waals surface area contributed by atoms with E-state index in [1.807, 2.05) is 19.3 Å². The van der Waals surface area contributed by atoms with Gasteiger partial charge in [0.05, 0.1) is 6.20 Å². The van der Waals surface area contributed by atoms with Gasteiger partial charge in [-0.2, -0.15) is 0 Å². The summed E-state index contributed by atoms with van der Waals surface area (Å²) < 4.78 is 3.77. The number of nitrogens with one attached hydrogen (secondary N) is 1. The zero-order valence-electron chi connectivity index (χ0n) is 11.5. The average Bonchev–Trinajstić information content (AvgIpc) is 3.12. The summed E-state index contributed by atoms with van der Waals surface area (Å²) in [6.07, 6.45) is 7.37. The molecule has 2 aromatic heterocycles. The molecule has 1 unspecified atom stereocenters. The summed E-state index contributed by atoms with van der Waals surface area (Å²) in [7, 11) is 0. The second-order valence-corrected chi connectivity index (χ2v) is 5.05. The van der Waals surface area contributed by atoms with Crippen LogP contribution in [0.25, 0.3) is 0 Å². The number of aromatic nitrogens is 5. The Morgan fingerprint density at radius 3 is 3.30 bits per heavy atom. The van der Waals surface area contributed by atoms with Gasteiger partial charge in [-0.25, -0.2) is 9.67 Å². The summed E-state index contributed by atoms with van der Waals surface area (Å²) in [6.45, 7) is 4.17. The number of rotatable bonds is 4. The molecule has 3 rings (SSSR count). The SMILES string of the molecule is CCn1nncc1C(=O)NCC1CCc2nccn2C1. The van der Waals surface area contributed by atoms with Gasteiger partial charge in [0.25, 0.3) is 5.91 Å². The van der Waals surface area contributed by atoms with Crippen molar-refractivity contribution in [3.63, 3.8) is 0 Å². The van der Waals surface area contributed by atoms with Crippen LogP contribution in [-0.2, 0) is 19.5 Å². The van der Waals surface area contributed by atoms with Gasteiger partial charge < -0.3 is 9.88 Å². The molecular formula is C13H18N6O. The lowest BCUT2D eigenvalue weighted by atomic mass is 9.99. The third-order valence-corrected chi connectivity index (χ3v) is 3.73. The molecule has 1 atom stereocenters. The van der Waals surface area contributed by atoms with Gasteiger partial charge in [-0.3, -0.25) is 4.79 Å². The summed E-state index contributed by atoms with van der Waals surface area (Å²) in [4.78, 5) is 16.4. The number of fused-ring (bicyclic) bond motifs is 1. The largest absolute Gasteiger partial charge is 0.350 e. The van der Waals surface area contributed by atoms with E-state index in [4.69, 9.17) is 0 Å². The third kappa shape index (κ3) is 2.43. The van der Waals surface area contributed by atoms with Crippen LogP contribution in [0.2, 0.25) is 0 Å². The molecule has 1 N–H and O–H groups in total. The van der Waals surface area contributed by atoms with E-state index >= 15 is 0 Å². The van der Waals surface area contributed by atoms with Crippen molar-refractivity contribution >= 4 is 5.91 Å². The zero-order chi connectivity index (χ0) is 13.9. The number of hydrogen-bond acceptors (Lipinski definition) is 4. The van der Waals surface area contributed by atoms with Gasteiger partial charge >= 0.3 is 0 Å². The minimum absolute atomic E-state index is 0.103. The molecule has 106 valence electrons. The van der Waals surface area contributed by atoms with Crippen LogP contribution in [0, 0.1) is 5.92 Å². The minimum atomic E-state index is -0.103. The van der Waals surface area contributed by atoms with E-state index in [-0.39, 0.29) is 5.91 Å². The zero-order valence-corrected chi connectivity index (χ0v) is 11.5. The molecule has 1 aliphatic rings. The normalized spacial score (nSPS) is 17.8. The molecule has 0 bridgehead atoms. The van der Waals surface area contributed by atoms with E-state index in [0.717, 1.165) is 25.2 Å². The van der Waals surface area contributed by atoms with Crippen molar-refractivity contribution in [3.05, 3.63) is 30.1 Å². The van der Waals surface area contributed by atoms with Crippen molar-refractivity contribution in [1.82, 2.24) is 29.9 Å². The van der Waals surface area contributed by atoms with E-state index in [1.54, 1.807) is 4.68 Å². The number of imidazole rings is 1. The Hall–Kier alpha value is -2.18. The summed E-state index contributed by atoms with van der Waals surface area (Å²) in [5.41, 5.74) is 0.520. The molecule has 0 saturated heterocycles. The standard InChI is InChI=1S/C13H18N6O/c1-2-19-11(8-16-17-19)13(20)15-7-10-3-4-12-14-5-6-18(12)9-10/h5-6,8,10H,2-4,7,9H2,1H3,(H,15,20). The van der Waals surface area contributed by atoms with Crippen LogP contribution >= 0.6 is 0 Å². The summed E-state index contributed by atoms with van der Waals surface area (Å²) in [5.74, 6) is 1.49. The fourth-order valence-corrected chi connectivity index (χ4v) is 2.60. The molecule has 20 heavy (non-hydrogen) atoms. The maximum Gasteiger partial charge on any atom is 0.271 e. The van der Waals surface area contributed by atoms with Crippen LogP contribution in [0.1, 0.15) is 29.7 Å². The first-order valence-electron chi connectivity index (χ1n) is 6.94. The minimum Gasteiger partial charge on any atom is -0.350 e. The predicted octanol–water partition coefficient (Wildman–Crippen LogP) is 0.487. The summed E-state index contributed by atoms with van der Waals surface area (Å²) >= 11 is 0. The number of amides is 1. The molecule has 1 amide bonds. The van der Waals surface area contributed by atoms with Crippen LogP contribution in [-0.4, -0.2) is 37.0 Å². The average molecular weight is 274 g/mol. The fourth-order valence-electron chi connectivity index (χ4n) is 2.60. The van der Waals surface area contributed by atoms with Gasteiger partial charge in [-0.1, -0.05) is 5.21 Å². The first-order chi connectivity index (χ1) is 9.78. The Kier molecular flexibility index (Phi) is 3.49. The van der Waals surface area contributed by atoms with Crippen molar-refractivity contribution in [2.75, 3.05) is 6.54 Å². The molecule has 7 heteroatoms. The van der Waals surface area contributed by atoms with Gasteiger partial charge in [0, 0.05) is 38.4 Å². The highest BCUT2D eigenvalue weighted by molar-refractivity contribution is 5.92. The summed E-state index contributed by atoms with van der Waals surface area (Å²) in [6, 6.07) is 0. The van der Waals surface area contributed by atoms with E-state index in [1.165, 1.54) is 6.20 Å². The Labute approximate surface area is 117 Å². The van der Waals surface area contributed by atoms with E-state index in [9.17, 15) is 4.79 Å². The lowest BCUT2D eigenvalue weighted by molar-refractivity contribution is 0.0933. The quantitative estimate of drug-likeness (QED) is 0.880. The first kappa shape index (κ1) is 12.8. The van der Waals surface area contributed by atoms with Gasteiger partial charge in [-0.15, -0.1) is 5.10 Å². The Balaban J connectivity index is 1.57. The Morgan fingerprint density at radius 1 is 1.55 bits per heavy atom. The molecule has 1 aliphatic heterocycles. The van der Waals surface area contributed by atoms with Gasteiger partial charge in [-0.05, 0) is 19.3 Å². The lowest BCUT2D eigenvalue weighted by Crippen LogP contribution is -2.34. The molecule has 0 aliphatic carbocycles. The molecule has 7 nitrogen and oxygen atoms in total. The van der Waals surface area contributed by atoms with E-state index in [2.05, 4.69) is 25.2 Å². The molecule has 0 fully saturated rings. The van der Waals surface area contributed by atoms with E-state index < -0.39 is 0 Å². The monoisotopic (exact) mass is 274 g/mol. The molecule has 0 spiro atoms. The number of nitrogens with zero attached hydrogens (tertiary/aromatic N) is 5. The van der Waals surface area contributed by atoms with E-state index in [0.29, 0.717) is 24.7 Å². The van der Waals surface area contributed by atoms with Gasteiger partial charge in [0.1, 0.15) is 11.5 Å². The highest BCUT2D eigenvalue weighted by atomic mass is 16.2. The molecule has 0 aromatic carbocycles. The number of carbonyl (C=O) groups is 1. The molecular weight excluding hydrogens is 256 g/mol. The smallest absolute Gasteiger partial charge is 0.271 e. The fraction of sp³-hybridized carbons (Fsp3) is 0.538. The van der Waals surface area contributed by atoms with Crippen molar-refractivity contribution < 1.29 is 4.79 Å². The Bertz CT molecular complexity index is 602. The van der Waals surface area contributed by atoms with Crippen LogP contribution in [0.3, 0.4) is 0 Å². The van der Waals surface area contributed by atoms with Crippen LogP contribution in [0.5, 0.6) is 0 Å². The van der Waals surface area contributed by atoms with Crippen molar-refractivity contribution in [3.8, 4) is 0 Å². The van der Waals surface area contributed by atoms with Crippen LogP contribution in [0.15, 0.2) is 18.6 Å². The molecule has 3 heterocycles. The van der Waals surface area contributed by atoms with Crippen LogP contribution < -0.4 is 5.32 Å².